The second kappa shape index (κ2) is 7.27. The molecule has 0 amide bonds. The van der Waals surface area contributed by atoms with E-state index in [0.717, 1.165) is 16.9 Å². The van der Waals surface area contributed by atoms with Crippen LogP contribution in [0.2, 0.25) is 0 Å². The number of rotatable bonds is 6. The van der Waals surface area contributed by atoms with Gasteiger partial charge in [-0.2, -0.15) is 5.10 Å². The van der Waals surface area contributed by atoms with Crippen molar-refractivity contribution >= 4 is 12.2 Å². The molecule has 6 nitrogen and oxygen atoms in total. The van der Waals surface area contributed by atoms with Crippen LogP contribution in [0.3, 0.4) is 0 Å². The maximum atomic E-state index is 5.85. The van der Waals surface area contributed by atoms with Crippen LogP contribution in [0.15, 0.2) is 48.8 Å². The summed E-state index contributed by atoms with van der Waals surface area (Å²) in [6.07, 6.45) is 3.57. The molecule has 124 valence electrons. The molecule has 0 saturated carbocycles. The topological polar surface area (TPSA) is 67.8 Å². The summed E-state index contributed by atoms with van der Waals surface area (Å²) < 4.78 is 8.12. The molecule has 0 fully saturated rings. The van der Waals surface area contributed by atoms with Gasteiger partial charge in [-0.15, -0.1) is 0 Å². The third-order valence-corrected chi connectivity index (χ3v) is 3.65. The van der Waals surface area contributed by atoms with E-state index in [1.807, 2.05) is 50.2 Å². The lowest BCUT2D eigenvalue weighted by molar-refractivity contribution is 0.240. The fourth-order valence-electron chi connectivity index (χ4n) is 2.32. The summed E-state index contributed by atoms with van der Waals surface area (Å²) in [6.45, 7) is 4.59. The third kappa shape index (κ3) is 3.62. The summed E-state index contributed by atoms with van der Waals surface area (Å²) in [5.74, 6) is 1.57. The number of nitrogens with zero attached hydrogens (tertiary/aromatic N) is 3. The normalized spacial score (nSPS) is 10.8. The Morgan fingerprint density at radius 1 is 1.21 bits per heavy atom. The standard InChI is InChI=1S/C17H19N5OS/c1-12(2)23-15-6-4-3-5-14(15)11-19-22-16(20-21-17(22)24)13-7-9-18-10-8-13/h3-10,12,19H,11H2,1-2H3,(H,21,24). The maximum Gasteiger partial charge on any atom is 0.214 e. The van der Waals surface area contributed by atoms with Gasteiger partial charge in [0.15, 0.2) is 5.82 Å². The average molecular weight is 341 g/mol. The van der Waals surface area contributed by atoms with E-state index in [9.17, 15) is 0 Å². The van der Waals surface area contributed by atoms with Gasteiger partial charge in [-0.1, -0.05) is 18.2 Å². The number of aromatic nitrogens is 4. The fourth-order valence-corrected chi connectivity index (χ4v) is 2.52. The molecule has 0 radical (unpaired) electrons. The zero-order valence-electron chi connectivity index (χ0n) is 13.6. The van der Waals surface area contributed by atoms with E-state index in [1.165, 1.54) is 0 Å². The molecule has 3 aromatic rings. The van der Waals surface area contributed by atoms with Crippen LogP contribution in [0.4, 0.5) is 0 Å². The van der Waals surface area contributed by atoms with Gasteiger partial charge in [-0.05, 0) is 44.3 Å². The minimum atomic E-state index is 0.120. The lowest BCUT2D eigenvalue weighted by Gasteiger charge is -2.16. The van der Waals surface area contributed by atoms with Gasteiger partial charge >= 0.3 is 0 Å². The Kier molecular flexibility index (Phi) is 4.90. The highest BCUT2D eigenvalue weighted by molar-refractivity contribution is 7.71. The van der Waals surface area contributed by atoms with E-state index < -0.39 is 0 Å². The van der Waals surface area contributed by atoms with Crippen molar-refractivity contribution in [2.75, 3.05) is 5.43 Å². The van der Waals surface area contributed by atoms with Crippen LogP contribution in [-0.4, -0.2) is 26.0 Å². The molecule has 2 N–H and O–H groups in total. The molecule has 0 saturated heterocycles. The fraction of sp³-hybridized carbons (Fsp3) is 0.235. The molecule has 2 heterocycles. The lowest BCUT2D eigenvalue weighted by atomic mass is 10.2. The monoisotopic (exact) mass is 341 g/mol. The van der Waals surface area contributed by atoms with Crippen LogP contribution in [0.25, 0.3) is 11.4 Å². The largest absolute Gasteiger partial charge is 0.491 e. The first-order valence-corrected chi connectivity index (χ1v) is 8.12. The third-order valence-electron chi connectivity index (χ3n) is 3.37. The minimum absolute atomic E-state index is 0.120. The van der Waals surface area contributed by atoms with Crippen LogP contribution in [0.1, 0.15) is 19.4 Å². The summed E-state index contributed by atoms with van der Waals surface area (Å²) in [7, 11) is 0. The quantitative estimate of drug-likeness (QED) is 0.671. The first-order valence-electron chi connectivity index (χ1n) is 7.71. The molecule has 7 heteroatoms. The van der Waals surface area contributed by atoms with Gasteiger partial charge in [-0.3, -0.25) is 4.98 Å². The number of H-pyrrole nitrogens is 1. The van der Waals surface area contributed by atoms with Crippen LogP contribution in [0.5, 0.6) is 5.75 Å². The summed E-state index contributed by atoms with van der Waals surface area (Å²) >= 11 is 5.33. The maximum absolute atomic E-state index is 5.85. The predicted octanol–water partition coefficient (Wildman–Crippen LogP) is 3.53. The highest BCUT2D eigenvalue weighted by Gasteiger charge is 2.10. The molecule has 24 heavy (non-hydrogen) atoms. The van der Waals surface area contributed by atoms with E-state index in [1.54, 1.807) is 17.1 Å². The number of benzene rings is 1. The van der Waals surface area contributed by atoms with Gasteiger partial charge in [0, 0.05) is 23.5 Å². The number of hydrogen-bond donors (Lipinski definition) is 2. The summed E-state index contributed by atoms with van der Waals surface area (Å²) in [5, 5.41) is 7.11. The number of pyridine rings is 1. The van der Waals surface area contributed by atoms with Gasteiger partial charge in [0.2, 0.25) is 4.77 Å². The van der Waals surface area contributed by atoms with E-state index in [2.05, 4.69) is 20.6 Å². The molecule has 0 aliphatic rings. The molecule has 2 aromatic heterocycles. The molecule has 0 bridgehead atoms. The van der Waals surface area contributed by atoms with E-state index in [0.29, 0.717) is 17.1 Å². The Morgan fingerprint density at radius 2 is 1.96 bits per heavy atom. The second-order valence-corrected chi connectivity index (χ2v) is 5.92. The first-order chi connectivity index (χ1) is 11.6. The van der Waals surface area contributed by atoms with Crippen LogP contribution in [0, 0.1) is 4.77 Å². The summed E-state index contributed by atoms with van der Waals surface area (Å²) in [4.78, 5) is 4.03. The van der Waals surface area contributed by atoms with E-state index >= 15 is 0 Å². The summed E-state index contributed by atoms with van der Waals surface area (Å²) in [5.41, 5.74) is 5.29. The smallest absolute Gasteiger partial charge is 0.214 e. The lowest BCUT2D eigenvalue weighted by Crippen LogP contribution is -2.17. The van der Waals surface area contributed by atoms with Crippen molar-refractivity contribution in [2.24, 2.45) is 0 Å². The van der Waals surface area contributed by atoms with Crippen molar-refractivity contribution in [3.63, 3.8) is 0 Å². The molecular weight excluding hydrogens is 322 g/mol. The number of hydrogen-bond acceptors (Lipinski definition) is 5. The Labute approximate surface area is 145 Å². The van der Waals surface area contributed by atoms with Gasteiger partial charge < -0.3 is 10.2 Å². The average Bonchev–Trinajstić information content (AvgIpc) is 2.95. The Balaban J connectivity index is 1.84. The second-order valence-electron chi connectivity index (χ2n) is 5.53. The zero-order valence-corrected chi connectivity index (χ0v) is 14.4. The zero-order chi connectivity index (χ0) is 16.9. The van der Waals surface area contributed by atoms with Crippen molar-refractivity contribution in [1.82, 2.24) is 19.9 Å². The number of aromatic amines is 1. The molecule has 0 aliphatic carbocycles. The Morgan fingerprint density at radius 3 is 2.71 bits per heavy atom. The van der Waals surface area contributed by atoms with Gasteiger partial charge in [-0.25, -0.2) is 9.77 Å². The predicted molar refractivity (Wildman–Crippen MR) is 95.9 cm³/mol. The van der Waals surface area contributed by atoms with Gasteiger partial charge in [0.1, 0.15) is 5.75 Å². The number of ether oxygens (including phenoxy) is 1. The van der Waals surface area contributed by atoms with Crippen LogP contribution < -0.4 is 10.2 Å². The first kappa shape index (κ1) is 16.2. The summed E-state index contributed by atoms with van der Waals surface area (Å²) in [6, 6.07) is 11.7. The SMILES string of the molecule is CC(C)Oc1ccccc1CNn1c(-c2ccncc2)n[nH]c1=S. The van der Waals surface area contributed by atoms with Crippen molar-refractivity contribution < 1.29 is 4.74 Å². The highest BCUT2D eigenvalue weighted by Crippen LogP contribution is 2.20. The molecule has 0 atom stereocenters. The van der Waals surface area contributed by atoms with Crippen molar-refractivity contribution in [3.05, 3.63) is 59.1 Å². The minimum Gasteiger partial charge on any atom is -0.491 e. The van der Waals surface area contributed by atoms with Gasteiger partial charge in [0.05, 0.1) is 12.6 Å². The Hall–Kier alpha value is -2.67. The number of para-hydroxylation sites is 1. The van der Waals surface area contributed by atoms with E-state index in [4.69, 9.17) is 17.0 Å². The van der Waals surface area contributed by atoms with Crippen LogP contribution >= 0.6 is 12.2 Å². The van der Waals surface area contributed by atoms with Crippen LogP contribution in [-0.2, 0) is 6.54 Å². The molecule has 1 aromatic carbocycles. The molecule has 3 rings (SSSR count). The van der Waals surface area contributed by atoms with E-state index in [-0.39, 0.29) is 6.10 Å². The number of nitrogens with one attached hydrogen (secondary N) is 2. The van der Waals surface area contributed by atoms with Crippen molar-refractivity contribution in [3.8, 4) is 17.1 Å². The highest BCUT2D eigenvalue weighted by atomic mass is 32.1. The molecule has 0 unspecified atom stereocenters. The molecular formula is C17H19N5OS. The van der Waals surface area contributed by atoms with Gasteiger partial charge in [0.25, 0.3) is 0 Å². The van der Waals surface area contributed by atoms with Crippen molar-refractivity contribution in [2.45, 2.75) is 26.5 Å². The van der Waals surface area contributed by atoms with Crippen molar-refractivity contribution in [1.29, 1.82) is 0 Å². The molecule has 0 spiro atoms. The Bertz CT molecular complexity index is 857. The molecule has 0 aliphatic heterocycles.